The van der Waals surface area contributed by atoms with Gasteiger partial charge in [-0.2, -0.15) is 0 Å². The average molecular weight is 499 g/mol. The molecule has 0 aliphatic carbocycles. The van der Waals surface area contributed by atoms with Crippen LogP contribution in [0.1, 0.15) is 58.2 Å². The fourth-order valence-corrected chi connectivity index (χ4v) is 4.42. The molecule has 3 unspecified atom stereocenters. The Kier molecular flexibility index (Phi) is 8.84. The fourth-order valence-electron chi connectivity index (χ4n) is 4.42. The Morgan fingerprint density at radius 2 is 1.56 bits per heavy atom. The van der Waals surface area contributed by atoms with E-state index in [2.05, 4.69) is 5.32 Å². The summed E-state index contributed by atoms with van der Waals surface area (Å²) >= 11 is 0. The highest BCUT2D eigenvalue weighted by atomic mass is 19.1. The summed E-state index contributed by atoms with van der Waals surface area (Å²) in [6.45, 7) is 5.86. The van der Waals surface area contributed by atoms with Crippen LogP contribution in [-0.4, -0.2) is 51.9 Å². The molecule has 1 amide bonds. The lowest BCUT2D eigenvalue weighted by Gasteiger charge is -2.26. The van der Waals surface area contributed by atoms with Crippen molar-refractivity contribution in [3.05, 3.63) is 48.5 Å². The molecule has 36 heavy (non-hydrogen) atoms. The first-order chi connectivity index (χ1) is 17.1. The van der Waals surface area contributed by atoms with E-state index in [-0.39, 0.29) is 18.7 Å². The van der Waals surface area contributed by atoms with Gasteiger partial charge in [0, 0.05) is 23.1 Å². The predicted molar refractivity (Wildman–Crippen MR) is 137 cm³/mol. The van der Waals surface area contributed by atoms with Crippen LogP contribution < -0.4 is 5.32 Å². The van der Waals surface area contributed by atoms with Gasteiger partial charge < -0.3 is 15.2 Å². The second-order valence-corrected chi connectivity index (χ2v) is 10.1. The molecule has 0 saturated heterocycles. The van der Waals surface area contributed by atoms with Gasteiger partial charge in [0.2, 0.25) is 11.8 Å². The molecule has 0 aliphatic heterocycles. The number of nitrogens with one attached hydrogen (secondary N) is 1. The van der Waals surface area contributed by atoms with Gasteiger partial charge in [-0.05, 0) is 39.3 Å². The number of fused-ring (bicyclic) bond motifs is 3. The number of aromatic nitrogens is 1. The van der Waals surface area contributed by atoms with Crippen LogP contribution >= 0.6 is 0 Å². The van der Waals surface area contributed by atoms with Gasteiger partial charge in [-0.15, -0.1) is 0 Å². The third kappa shape index (κ3) is 6.49. The Morgan fingerprint density at radius 3 is 2.06 bits per heavy atom. The van der Waals surface area contributed by atoms with Crippen molar-refractivity contribution in [1.82, 2.24) is 9.88 Å². The molecule has 0 radical (unpaired) electrons. The molecule has 1 aromatic heterocycles. The summed E-state index contributed by atoms with van der Waals surface area (Å²) in [5.74, 6) is -2.12. The number of hydrogen-bond acceptors (Lipinski definition) is 5. The SMILES string of the molecule is CCCC(CC(=O)n1c2ccccc2c2ccccc21)C(=O)NC(CC(=O)OC(C)(C)C)C(O)CF. The number of esters is 1. The standard InChI is InChI=1S/C28H35FN2O5/c1-5-10-18(27(35)30-21(24(32)17-29)16-26(34)36-28(2,3)4)15-25(33)31-22-13-8-6-11-19(22)20-12-7-9-14-23(20)31/h6-9,11-14,18,21,24,32H,5,10,15-17H2,1-4H3,(H,30,35). The van der Waals surface area contributed by atoms with E-state index in [9.17, 15) is 23.9 Å². The van der Waals surface area contributed by atoms with E-state index in [0.717, 1.165) is 21.8 Å². The van der Waals surface area contributed by atoms with Crippen molar-refractivity contribution in [2.75, 3.05) is 6.67 Å². The van der Waals surface area contributed by atoms with E-state index in [1.807, 2.05) is 55.5 Å². The van der Waals surface area contributed by atoms with E-state index >= 15 is 0 Å². The van der Waals surface area contributed by atoms with Crippen molar-refractivity contribution >= 4 is 39.6 Å². The molecule has 0 aliphatic rings. The largest absolute Gasteiger partial charge is 0.460 e. The van der Waals surface area contributed by atoms with Crippen molar-refractivity contribution in [2.45, 2.75) is 71.1 Å². The van der Waals surface area contributed by atoms with Gasteiger partial charge >= 0.3 is 5.97 Å². The molecule has 3 aromatic rings. The first-order valence-electron chi connectivity index (χ1n) is 12.3. The quantitative estimate of drug-likeness (QED) is 0.392. The average Bonchev–Trinajstić information content (AvgIpc) is 3.16. The summed E-state index contributed by atoms with van der Waals surface area (Å²) in [6, 6.07) is 14.0. The van der Waals surface area contributed by atoms with Gasteiger partial charge in [-0.25, -0.2) is 4.39 Å². The van der Waals surface area contributed by atoms with Crippen molar-refractivity contribution in [3.8, 4) is 0 Å². The number of nitrogens with zero attached hydrogens (tertiary/aromatic N) is 1. The van der Waals surface area contributed by atoms with Crippen molar-refractivity contribution in [1.29, 1.82) is 0 Å². The maximum atomic E-state index is 13.5. The normalized spacial score (nSPS) is 14.4. The van der Waals surface area contributed by atoms with Crippen LogP contribution in [0.3, 0.4) is 0 Å². The van der Waals surface area contributed by atoms with Gasteiger partial charge in [0.05, 0.1) is 23.5 Å². The van der Waals surface area contributed by atoms with E-state index in [0.29, 0.717) is 12.8 Å². The van der Waals surface area contributed by atoms with E-state index in [4.69, 9.17) is 4.74 Å². The molecule has 194 valence electrons. The molecular formula is C28H35FN2O5. The Balaban J connectivity index is 1.83. The minimum atomic E-state index is -1.57. The van der Waals surface area contributed by atoms with Crippen LogP contribution in [0.5, 0.6) is 0 Å². The summed E-state index contributed by atoms with van der Waals surface area (Å²) in [7, 11) is 0. The smallest absolute Gasteiger partial charge is 0.308 e. The van der Waals surface area contributed by atoms with E-state index < -0.39 is 42.2 Å². The zero-order chi connectivity index (χ0) is 26.5. The van der Waals surface area contributed by atoms with E-state index in [1.54, 1.807) is 25.3 Å². The zero-order valence-electron chi connectivity index (χ0n) is 21.3. The Morgan fingerprint density at radius 1 is 1.00 bits per heavy atom. The lowest BCUT2D eigenvalue weighted by Crippen LogP contribution is -2.48. The van der Waals surface area contributed by atoms with Gasteiger partial charge in [0.15, 0.2) is 0 Å². The first-order valence-corrected chi connectivity index (χ1v) is 12.3. The van der Waals surface area contributed by atoms with Crippen molar-refractivity contribution in [3.63, 3.8) is 0 Å². The van der Waals surface area contributed by atoms with Gasteiger partial charge in [-0.1, -0.05) is 49.7 Å². The number of carbonyl (C=O) groups excluding carboxylic acids is 3. The molecule has 8 heteroatoms. The highest BCUT2D eigenvalue weighted by molar-refractivity contribution is 6.13. The molecule has 3 atom stereocenters. The number of aliphatic hydroxyl groups is 1. The molecule has 2 N–H and O–H groups in total. The summed E-state index contributed by atoms with van der Waals surface area (Å²) in [5, 5.41) is 14.6. The Hall–Kier alpha value is -3.26. The molecule has 0 spiro atoms. The number of alkyl halides is 1. The molecule has 3 rings (SSSR count). The summed E-state index contributed by atoms with van der Waals surface area (Å²) in [6.07, 6.45) is -0.974. The van der Waals surface area contributed by atoms with Gasteiger partial charge in [0.1, 0.15) is 18.4 Å². The monoisotopic (exact) mass is 498 g/mol. The third-order valence-corrected chi connectivity index (χ3v) is 6.02. The minimum Gasteiger partial charge on any atom is -0.460 e. The zero-order valence-corrected chi connectivity index (χ0v) is 21.3. The predicted octanol–water partition coefficient (Wildman–Crippen LogP) is 4.79. The summed E-state index contributed by atoms with van der Waals surface area (Å²) in [5.41, 5.74) is 0.760. The molecule has 0 saturated carbocycles. The number of ether oxygens (including phenoxy) is 1. The Bertz CT molecular complexity index is 1180. The lowest BCUT2D eigenvalue weighted by atomic mass is 9.96. The minimum absolute atomic E-state index is 0.0762. The number of carbonyl (C=O) groups is 3. The summed E-state index contributed by atoms with van der Waals surface area (Å²) < 4.78 is 20.2. The fraction of sp³-hybridized carbons (Fsp3) is 0.464. The van der Waals surface area contributed by atoms with Crippen LogP contribution in [0.15, 0.2) is 48.5 Å². The lowest BCUT2D eigenvalue weighted by molar-refractivity contribution is -0.156. The van der Waals surface area contributed by atoms with Crippen LogP contribution in [0.2, 0.25) is 0 Å². The first kappa shape index (κ1) is 27.3. The van der Waals surface area contributed by atoms with E-state index in [1.165, 1.54) is 0 Å². The molecule has 0 fully saturated rings. The topological polar surface area (TPSA) is 97.6 Å². The third-order valence-electron chi connectivity index (χ3n) is 6.02. The number of benzene rings is 2. The van der Waals surface area contributed by atoms with Gasteiger partial charge in [-0.3, -0.25) is 19.0 Å². The number of para-hydroxylation sites is 2. The van der Waals surface area contributed by atoms with Crippen LogP contribution in [0.4, 0.5) is 4.39 Å². The summed E-state index contributed by atoms with van der Waals surface area (Å²) in [4.78, 5) is 39.0. The number of hydrogen-bond donors (Lipinski definition) is 2. The molecule has 7 nitrogen and oxygen atoms in total. The second-order valence-electron chi connectivity index (χ2n) is 10.1. The molecular weight excluding hydrogens is 463 g/mol. The highest BCUT2D eigenvalue weighted by Gasteiger charge is 2.31. The van der Waals surface area contributed by atoms with Crippen LogP contribution in [-0.2, 0) is 14.3 Å². The van der Waals surface area contributed by atoms with Crippen LogP contribution in [0, 0.1) is 5.92 Å². The maximum Gasteiger partial charge on any atom is 0.308 e. The number of aliphatic hydroxyl groups excluding tert-OH is 1. The molecule has 2 aromatic carbocycles. The highest BCUT2D eigenvalue weighted by Crippen LogP contribution is 2.29. The number of rotatable bonds is 10. The maximum absolute atomic E-state index is 13.5. The Labute approximate surface area is 210 Å². The van der Waals surface area contributed by atoms with Crippen molar-refractivity contribution in [2.24, 2.45) is 5.92 Å². The number of amides is 1. The van der Waals surface area contributed by atoms with Crippen molar-refractivity contribution < 1.29 is 28.6 Å². The molecule has 1 heterocycles. The van der Waals surface area contributed by atoms with Crippen LogP contribution in [0.25, 0.3) is 21.8 Å². The van der Waals surface area contributed by atoms with Gasteiger partial charge in [0.25, 0.3) is 0 Å². The number of halogens is 1. The second kappa shape index (κ2) is 11.6. The molecule has 0 bridgehead atoms.